The van der Waals surface area contributed by atoms with E-state index in [4.69, 9.17) is 4.74 Å². The van der Waals surface area contributed by atoms with Crippen molar-refractivity contribution in [2.75, 3.05) is 19.6 Å². The molecule has 0 bridgehead atoms. The maximum Gasteiger partial charge on any atom is 0.120 e. The van der Waals surface area contributed by atoms with Crippen LogP contribution in [0.3, 0.4) is 0 Å². The molecule has 0 aliphatic heterocycles. The van der Waals surface area contributed by atoms with Gasteiger partial charge >= 0.3 is 0 Å². The Labute approximate surface area is 204 Å². The van der Waals surface area contributed by atoms with Gasteiger partial charge in [-0.1, -0.05) is 76.6 Å². The minimum Gasteiger partial charge on any atom is -0.488 e. The van der Waals surface area contributed by atoms with Crippen molar-refractivity contribution in [2.45, 2.75) is 98.0 Å². The van der Waals surface area contributed by atoms with Crippen molar-refractivity contribution in [1.29, 1.82) is 0 Å². The molecule has 0 aliphatic rings. The maximum absolute atomic E-state index is 6.08. The molecule has 0 saturated carbocycles. The minimum absolute atomic E-state index is 0.166. The van der Waals surface area contributed by atoms with Gasteiger partial charge in [-0.15, -0.1) is 0 Å². The van der Waals surface area contributed by atoms with Crippen LogP contribution in [0.5, 0.6) is 5.75 Å². The molecule has 33 heavy (non-hydrogen) atoms. The SMILES string of the molecule is CCC(C)CC(CC(CCCN(CC)CC)c1ccccc1)c1ccc(OC(C)(C)C)cc1. The highest BCUT2D eigenvalue weighted by Gasteiger charge is 2.22. The normalized spacial score (nSPS) is 14.8. The maximum atomic E-state index is 6.08. The lowest BCUT2D eigenvalue weighted by Crippen LogP contribution is -2.24. The van der Waals surface area contributed by atoms with Gasteiger partial charge in [-0.3, -0.25) is 0 Å². The quantitative estimate of drug-likeness (QED) is 0.285. The molecule has 0 saturated heterocycles. The summed E-state index contributed by atoms with van der Waals surface area (Å²) in [5.74, 6) is 2.86. The molecular formula is C31H49NO. The second kappa shape index (κ2) is 13.8. The first-order chi connectivity index (χ1) is 15.8. The van der Waals surface area contributed by atoms with Crippen LogP contribution in [0, 0.1) is 5.92 Å². The molecule has 2 aromatic rings. The van der Waals surface area contributed by atoms with E-state index in [-0.39, 0.29) is 5.60 Å². The Morgan fingerprint density at radius 3 is 1.94 bits per heavy atom. The lowest BCUT2D eigenvalue weighted by atomic mass is 9.78. The van der Waals surface area contributed by atoms with Crippen LogP contribution in [0.2, 0.25) is 0 Å². The molecule has 3 unspecified atom stereocenters. The van der Waals surface area contributed by atoms with Crippen LogP contribution in [-0.2, 0) is 0 Å². The van der Waals surface area contributed by atoms with E-state index in [1.54, 1.807) is 0 Å². The predicted molar refractivity (Wildman–Crippen MR) is 144 cm³/mol. The summed E-state index contributed by atoms with van der Waals surface area (Å²) < 4.78 is 6.08. The second-order valence-corrected chi connectivity index (χ2v) is 10.7. The smallest absolute Gasteiger partial charge is 0.120 e. The van der Waals surface area contributed by atoms with E-state index >= 15 is 0 Å². The Balaban J connectivity index is 2.21. The molecule has 0 heterocycles. The summed E-state index contributed by atoms with van der Waals surface area (Å²) in [5, 5.41) is 0. The van der Waals surface area contributed by atoms with Gasteiger partial charge in [0.2, 0.25) is 0 Å². The van der Waals surface area contributed by atoms with Gasteiger partial charge in [0.15, 0.2) is 0 Å². The summed E-state index contributed by atoms with van der Waals surface area (Å²) in [6.45, 7) is 19.1. The second-order valence-electron chi connectivity index (χ2n) is 10.7. The Morgan fingerprint density at radius 2 is 1.39 bits per heavy atom. The first-order valence-corrected chi connectivity index (χ1v) is 13.3. The van der Waals surface area contributed by atoms with Crippen molar-refractivity contribution in [3.63, 3.8) is 0 Å². The van der Waals surface area contributed by atoms with Crippen LogP contribution in [0.4, 0.5) is 0 Å². The number of hydrogen-bond acceptors (Lipinski definition) is 2. The Kier molecular flexibility index (Phi) is 11.5. The number of ether oxygens (including phenoxy) is 1. The third kappa shape index (κ3) is 9.92. The first kappa shape index (κ1) is 27.4. The van der Waals surface area contributed by atoms with E-state index in [0.717, 1.165) is 24.8 Å². The molecule has 0 aromatic heterocycles. The third-order valence-corrected chi connectivity index (χ3v) is 6.92. The molecule has 0 amide bonds. The van der Waals surface area contributed by atoms with Crippen molar-refractivity contribution < 1.29 is 4.74 Å². The molecule has 2 aromatic carbocycles. The number of benzene rings is 2. The van der Waals surface area contributed by atoms with Crippen LogP contribution in [-0.4, -0.2) is 30.1 Å². The van der Waals surface area contributed by atoms with E-state index in [1.165, 1.54) is 49.8 Å². The largest absolute Gasteiger partial charge is 0.488 e. The van der Waals surface area contributed by atoms with E-state index in [0.29, 0.717) is 11.8 Å². The molecule has 0 radical (unpaired) electrons. The fourth-order valence-corrected chi connectivity index (χ4v) is 4.77. The van der Waals surface area contributed by atoms with Crippen LogP contribution in [0.1, 0.15) is 104 Å². The molecule has 0 aliphatic carbocycles. The van der Waals surface area contributed by atoms with Crippen molar-refractivity contribution in [3.8, 4) is 5.75 Å². The summed E-state index contributed by atoms with van der Waals surface area (Å²) in [6, 6.07) is 20.2. The Morgan fingerprint density at radius 1 is 0.788 bits per heavy atom. The predicted octanol–water partition coefficient (Wildman–Crippen LogP) is 8.68. The van der Waals surface area contributed by atoms with E-state index in [1.807, 2.05) is 0 Å². The Hall–Kier alpha value is -1.80. The minimum atomic E-state index is -0.166. The first-order valence-electron chi connectivity index (χ1n) is 13.3. The van der Waals surface area contributed by atoms with Crippen molar-refractivity contribution >= 4 is 0 Å². The van der Waals surface area contributed by atoms with Crippen LogP contribution in [0.15, 0.2) is 54.6 Å². The fraction of sp³-hybridized carbons (Fsp3) is 0.613. The summed E-state index contributed by atoms with van der Waals surface area (Å²) in [7, 11) is 0. The molecule has 0 fully saturated rings. The molecule has 0 N–H and O–H groups in total. The highest BCUT2D eigenvalue weighted by Crippen LogP contribution is 2.38. The highest BCUT2D eigenvalue weighted by atomic mass is 16.5. The van der Waals surface area contributed by atoms with Gasteiger partial charge in [-0.05, 0) is 107 Å². The molecular weight excluding hydrogens is 402 g/mol. The number of hydrogen-bond donors (Lipinski definition) is 0. The average molecular weight is 452 g/mol. The van der Waals surface area contributed by atoms with Crippen LogP contribution < -0.4 is 4.74 Å². The Bertz CT molecular complexity index is 758. The lowest BCUT2D eigenvalue weighted by molar-refractivity contribution is 0.131. The summed E-state index contributed by atoms with van der Waals surface area (Å²) in [5.41, 5.74) is 2.79. The third-order valence-electron chi connectivity index (χ3n) is 6.92. The summed E-state index contributed by atoms with van der Waals surface area (Å²) in [6.07, 6.45) is 6.21. The molecule has 2 nitrogen and oxygen atoms in total. The molecule has 2 heteroatoms. The van der Waals surface area contributed by atoms with E-state index in [9.17, 15) is 0 Å². The van der Waals surface area contributed by atoms with Gasteiger partial charge < -0.3 is 9.64 Å². The van der Waals surface area contributed by atoms with Gasteiger partial charge in [0.1, 0.15) is 11.4 Å². The van der Waals surface area contributed by atoms with Crippen molar-refractivity contribution in [1.82, 2.24) is 4.90 Å². The number of nitrogens with zero attached hydrogens (tertiary/aromatic N) is 1. The molecule has 3 atom stereocenters. The number of rotatable bonds is 14. The van der Waals surface area contributed by atoms with Gasteiger partial charge in [0, 0.05) is 0 Å². The van der Waals surface area contributed by atoms with Gasteiger partial charge in [-0.25, -0.2) is 0 Å². The summed E-state index contributed by atoms with van der Waals surface area (Å²) >= 11 is 0. The monoisotopic (exact) mass is 451 g/mol. The fourth-order valence-electron chi connectivity index (χ4n) is 4.77. The van der Waals surface area contributed by atoms with Crippen molar-refractivity contribution in [3.05, 3.63) is 65.7 Å². The van der Waals surface area contributed by atoms with Crippen LogP contribution >= 0.6 is 0 Å². The van der Waals surface area contributed by atoms with Crippen LogP contribution in [0.25, 0.3) is 0 Å². The van der Waals surface area contributed by atoms with E-state index in [2.05, 4.69) is 108 Å². The zero-order valence-electron chi connectivity index (χ0n) is 22.4. The highest BCUT2D eigenvalue weighted by molar-refractivity contribution is 5.31. The summed E-state index contributed by atoms with van der Waals surface area (Å²) in [4.78, 5) is 2.55. The van der Waals surface area contributed by atoms with Gasteiger partial charge in [0.25, 0.3) is 0 Å². The lowest BCUT2D eigenvalue weighted by Gasteiger charge is -2.28. The van der Waals surface area contributed by atoms with Crippen molar-refractivity contribution in [2.24, 2.45) is 5.92 Å². The zero-order valence-corrected chi connectivity index (χ0v) is 22.4. The standard InChI is InChI=1S/C31H49NO/c1-8-25(4)23-29(27-18-20-30(21-19-27)33-31(5,6)7)24-28(26-15-12-11-13-16-26)17-14-22-32(9-2)10-3/h11-13,15-16,18-21,25,28-29H,8-10,14,17,22-24H2,1-7H3. The average Bonchev–Trinajstić information content (AvgIpc) is 2.80. The molecule has 2 rings (SSSR count). The molecule has 0 spiro atoms. The topological polar surface area (TPSA) is 12.5 Å². The van der Waals surface area contributed by atoms with Gasteiger partial charge in [-0.2, -0.15) is 0 Å². The van der Waals surface area contributed by atoms with Gasteiger partial charge in [0.05, 0.1) is 0 Å². The zero-order chi connectivity index (χ0) is 24.3. The van der Waals surface area contributed by atoms with E-state index < -0.39 is 0 Å². The molecule has 184 valence electrons.